The van der Waals surface area contributed by atoms with Crippen LogP contribution in [-0.2, 0) is 0 Å². The summed E-state index contributed by atoms with van der Waals surface area (Å²) in [4.78, 5) is 2.46. The van der Waals surface area contributed by atoms with Crippen LogP contribution in [0.3, 0.4) is 0 Å². The number of hydrogen-bond donors (Lipinski definition) is 1. The molecule has 1 aliphatic heterocycles. The van der Waals surface area contributed by atoms with E-state index in [1.807, 2.05) is 12.1 Å². The van der Waals surface area contributed by atoms with E-state index >= 15 is 0 Å². The van der Waals surface area contributed by atoms with Crippen molar-refractivity contribution in [3.63, 3.8) is 0 Å². The minimum atomic E-state index is 0.132. The van der Waals surface area contributed by atoms with E-state index in [9.17, 15) is 0 Å². The third-order valence-electron chi connectivity index (χ3n) is 4.14. The molecule has 4 nitrogen and oxygen atoms in total. The van der Waals surface area contributed by atoms with E-state index in [0.717, 1.165) is 36.4 Å². The fourth-order valence-corrected chi connectivity index (χ4v) is 3.11. The van der Waals surface area contributed by atoms with Crippen LogP contribution in [0, 0.1) is 0 Å². The van der Waals surface area contributed by atoms with E-state index in [1.165, 1.54) is 0 Å². The van der Waals surface area contributed by atoms with Crippen molar-refractivity contribution < 1.29 is 9.47 Å². The Morgan fingerprint density at radius 1 is 1.25 bits per heavy atom. The van der Waals surface area contributed by atoms with Crippen molar-refractivity contribution in [2.24, 2.45) is 5.73 Å². The third-order valence-corrected chi connectivity index (χ3v) is 4.14. The third kappa shape index (κ3) is 2.91. The van der Waals surface area contributed by atoms with Gasteiger partial charge >= 0.3 is 0 Å². The first-order valence-electron chi connectivity index (χ1n) is 7.31. The lowest BCUT2D eigenvalue weighted by atomic mass is 9.89. The summed E-state index contributed by atoms with van der Waals surface area (Å²) in [7, 11) is 3.39. The first-order valence-corrected chi connectivity index (χ1v) is 7.31. The molecule has 1 aliphatic rings. The van der Waals surface area contributed by atoms with Crippen LogP contribution in [-0.4, -0.2) is 37.7 Å². The minimum absolute atomic E-state index is 0.132. The Morgan fingerprint density at radius 2 is 2.00 bits per heavy atom. The van der Waals surface area contributed by atoms with Gasteiger partial charge in [-0.25, -0.2) is 0 Å². The van der Waals surface area contributed by atoms with Gasteiger partial charge in [0.05, 0.1) is 20.3 Å². The average molecular weight is 278 g/mol. The van der Waals surface area contributed by atoms with E-state index in [2.05, 4.69) is 24.8 Å². The second kappa shape index (κ2) is 6.46. The Balaban J connectivity index is 2.44. The van der Waals surface area contributed by atoms with Gasteiger partial charge in [-0.1, -0.05) is 0 Å². The summed E-state index contributed by atoms with van der Waals surface area (Å²) in [6.45, 7) is 5.52. The molecule has 1 aromatic carbocycles. The van der Waals surface area contributed by atoms with Crippen molar-refractivity contribution in [1.29, 1.82) is 0 Å². The van der Waals surface area contributed by atoms with Crippen molar-refractivity contribution in [3.05, 3.63) is 23.8 Å². The summed E-state index contributed by atoms with van der Waals surface area (Å²) in [6.07, 6.45) is 2.20. The van der Waals surface area contributed by atoms with Gasteiger partial charge in [0.25, 0.3) is 0 Å². The zero-order valence-electron chi connectivity index (χ0n) is 12.9. The van der Waals surface area contributed by atoms with Crippen molar-refractivity contribution in [1.82, 2.24) is 4.90 Å². The fourth-order valence-electron chi connectivity index (χ4n) is 3.11. The number of piperidine rings is 1. The lowest BCUT2D eigenvalue weighted by molar-refractivity contribution is 0.0927. The van der Waals surface area contributed by atoms with Gasteiger partial charge in [0.15, 0.2) is 0 Å². The summed E-state index contributed by atoms with van der Waals surface area (Å²) in [5, 5.41) is 0. The van der Waals surface area contributed by atoms with Gasteiger partial charge in [0.1, 0.15) is 11.5 Å². The first kappa shape index (κ1) is 15.1. The molecule has 2 rings (SSSR count). The molecular weight excluding hydrogens is 252 g/mol. The summed E-state index contributed by atoms with van der Waals surface area (Å²) >= 11 is 0. The molecule has 2 unspecified atom stereocenters. The van der Waals surface area contributed by atoms with Crippen LogP contribution >= 0.6 is 0 Å². The quantitative estimate of drug-likeness (QED) is 0.919. The molecule has 1 aromatic rings. The van der Waals surface area contributed by atoms with Crippen molar-refractivity contribution in [3.8, 4) is 11.5 Å². The van der Waals surface area contributed by atoms with Gasteiger partial charge in [0.2, 0.25) is 0 Å². The van der Waals surface area contributed by atoms with Gasteiger partial charge in [-0.3, -0.25) is 4.90 Å². The molecule has 1 saturated heterocycles. The fraction of sp³-hybridized carbons (Fsp3) is 0.625. The van der Waals surface area contributed by atoms with E-state index in [0.29, 0.717) is 6.04 Å². The highest BCUT2D eigenvalue weighted by Gasteiger charge is 2.33. The normalized spacial score (nSPS) is 23.9. The largest absolute Gasteiger partial charge is 0.497 e. The molecule has 0 aliphatic carbocycles. The molecule has 0 saturated carbocycles. The number of benzene rings is 1. The van der Waals surface area contributed by atoms with Crippen molar-refractivity contribution in [2.45, 2.75) is 44.8 Å². The number of nitrogens with zero attached hydrogens (tertiary/aromatic N) is 1. The Bertz CT molecular complexity index is 448. The van der Waals surface area contributed by atoms with Gasteiger partial charge in [0, 0.05) is 17.6 Å². The standard InChI is InChI=1S/C16H26N2O2/c1-11(2)18-9-5-6-14(17)16(18)13-10-12(19-3)7-8-15(13)20-4/h7-8,10-11,14,16H,5-6,9,17H2,1-4H3. The maximum atomic E-state index is 6.42. The lowest BCUT2D eigenvalue weighted by Gasteiger charge is -2.43. The number of hydrogen-bond acceptors (Lipinski definition) is 4. The molecule has 0 radical (unpaired) electrons. The molecule has 20 heavy (non-hydrogen) atoms. The van der Waals surface area contributed by atoms with Crippen LogP contribution in [0.15, 0.2) is 18.2 Å². The van der Waals surface area contributed by atoms with E-state index in [-0.39, 0.29) is 12.1 Å². The van der Waals surface area contributed by atoms with Crippen LogP contribution in [0.1, 0.15) is 38.3 Å². The molecule has 4 heteroatoms. The Kier molecular flexibility index (Phi) is 4.89. The van der Waals surface area contributed by atoms with Gasteiger partial charge in [-0.05, 0) is 51.4 Å². The van der Waals surface area contributed by atoms with Crippen LogP contribution in [0.5, 0.6) is 11.5 Å². The van der Waals surface area contributed by atoms with Crippen LogP contribution in [0.2, 0.25) is 0 Å². The Morgan fingerprint density at radius 3 is 2.60 bits per heavy atom. The van der Waals surface area contributed by atoms with Crippen LogP contribution in [0.25, 0.3) is 0 Å². The van der Waals surface area contributed by atoms with Gasteiger partial charge in [-0.15, -0.1) is 0 Å². The molecular formula is C16H26N2O2. The smallest absolute Gasteiger partial charge is 0.123 e. The predicted molar refractivity (Wildman–Crippen MR) is 81.3 cm³/mol. The average Bonchev–Trinajstić information content (AvgIpc) is 2.46. The number of nitrogens with two attached hydrogens (primary N) is 1. The van der Waals surface area contributed by atoms with E-state index in [4.69, 9.17) is 15.2 Å². The topological polar surface area (TPSA) is 47.7 Å². The van der Waals surface area contributed by atoms with Crippen LogP contribution < -0.4 is 15.2 Å². The number of rotatable bonds is 4. The molecule has 0 aromatic heterocycles. The number of ether oxygens (including phenoxy) is 2. The van der Waals surface area contributed by atoms with Gasteiger partial charge in [-0.2, -0.15) is 0 Å². The molecule has 112 valence electrons. The van der Waals surface area contributed by atoms with E-state index in [1.54, 1.807) is 14.2 Å². The lowest BCUT2D eigenvalue weighted by Crippen LogP contribution is -2.48. The molecule has 1 heterocycles. The monoisotopic (exact) mass is 278 g/mol. The van der Waals surface area contributed by atoms with Gasteiger partial charge < -0.3 is 15.2 Å². The zero-order valence-corrected chi connectivity index (χ0v) is 12.9. The van der Waals surface area contributed by atoms with E-state index < -0.39 is 0 Å². The molecule has 2 atom stereocenters. The number of methoxy groups -OCH3 is 2. The molecule has 2 N–H and O–H groups in total. The zero-order chi connectivity index (χ0) is 14.7. The number of likely N-dealkylation sites (tertiary alicyclic amines) is 1. The maximum absolute atomic E-state index is 6.42. The summed E-state index contributed by atoms with van der Waals surface area (Å²) < 4.78 is 10.9. The summed E-state index contributed by atoms with van der Waals surface area (Å²) in [6, 6.07) is 6.73. The maximum Gasteiger partial charge on any atom is 0.123 e. The summed E-state index contributed by atoms with van der Waals surface area (Å²) in [5.74, 6) is 1.74. The molecule has 0 spiro atoms. The Hall–Kier alpha value is -1.26. The Labute approximate surface area is 121 Å². The summed E-state index contributed by atoms with van der Waals surface area (Å²) in [5.41, 5.74) is 7.55. The highest BCUT2D eigenvalue weighted by molar-refractivity contribution is 5.43. The van der Waals surface area contributed by atoms with Crippen molar-refractivity contribution >= 4 is 0 Å². The second-order valence-electron chi connectivity index (χ2n) is 5.69. The second-order valence-corrected chi connectivity index (χ2v) is 5.69. The molecule has 0 bridgehead atoms. The minimum Gasteiger partial charge on any atom is -0.497 e. The first-order chi connectivity index (χ1) is 9.58. The predicted octanol–water partition coefficient (Wildman–Crippen LogP) is 2.58. The molecule has 0 amide bonds. The highest BCUT2D eigenvalue weighted by Crippen LogP contribution is 2.38. The van der Waals surface area contributed by atoms with Crippen LogP contribution in [0.4, 0.5) is 0 Å². The van der Waals surface area contributed by atoms with Crippen molar-refractivity contribution in [2.75, 3.05) is 20.8 Å². The SMILES string of the molecule is COc1ccc(OC)c(C2C(N)CCCN2C(C)C)c1. The molecule has 1 fully saturated rings. The highest BCUT2D eigenvalue weighted by atomic mass is 16.5.